The van der Waals surface area contributed by atoms with E-state index >= 15 is 0 Å². The van der Waals surface area contributed by atoms with Crippen LogP contribution in [0.4, 0.5) is 15.8 Å². The van der Waals surface area contributed by atoms with Crippen molar-refractivity contribution < 1.29 is 9.31 Å². The Labute approximate surface area is 118 Å². The lowest BCUT2D eigenvalue weighted by atomic mass is 10.2. The van der Waals surface area contributed by atoms with Crippen LogP contribution in [0, 0.1) is 15.9 Å². The molecule has 7 heteroatoms. The number of nitrogens with one attached hydrogen (secondary N) is 2. The van der Waals surface area contributed by atoms with Crippen LogP contribution in [0.5, 0.6) is 0 Å². The fraction of sp³-hybridized carbons (Fsp3) is 0.0714. The third-order valence-electron chi connectivity index (χ3n) is 3.16. The van der Waals surface area contributed by atoms with Gasteiger partial charge in [0.15, 0.2) is 0 Å². The largest absolute Gasteiger partial charge is 0.375 e. The van der Waals surface area contributed by atoms with Crippen LogP contribution in [0.1, 0.15) is 5.56 Å². The summed E-state index contributed by atoms with van der Waals surface area (Å²) in [4.78, 5) is 17.5. The summed E-state index contributed by atoms with van der Waals surface area (Å²) in [5.74, 6) is -0.636. The maximum Gasteiger partial charge on any atom is 0.295 e. The van der Waals surface area contributed by atoms with E-state index in [0.717, 1.165) is 22.7 Å². The summed E-state index contributed by atoms with van der Waals surface area (Å²) < 4.78 is 13.1. The number of nitro groups is 1. The van der Waals surface area contributed by atoms with Gasteiger partial charge in [-0.25, -0.2) is 9.37 Å². The van der Waals surface area contributed by atoms with Crippen LogP contribution < -0.4 is 5.32 Å². The van der Waals surface area contributed by atoms with Crippen molar-refractivity contribution in [2.24, 2.45) is 0 Å². The number of rotatable bonds is 4. The van der Waals surface area contributed by atoms with Crippen LogP contribution in [0.3, 0.4) is 0 Å². The smallest absolute Gasteiger partial charge is 0.295 e. The Balaban J connectivity index is 1.87. The van der Waals surface area contributed by atoms with Gasteiger partial charge in [0.25, 0.3) is 5.69 Å². The van der Waals surface area contributed by atoms with Gasteiger partial charge in [0.05, 0.1) is 11.0 Å². The number of halogens is 1. The first kappa shape index (κ1) is 13.0. The molecule has 0 atom stereocenters. The van der Waals surface area contributed by atoms with Gasteiger partial charge in [0.1, 0.15) is 17.2 Å². The van der Waals surface area contributed by atoms with Gasteiger partial charge in [-0.2, -0.15) is 0 Å². The normalized spacial score (nSPS) is 10.7. The molecule has 0 spiro atoms. The Morgan fingerprint density at radius 1 is 1.38 bits per heavy atom. The molecular formula is C14H11FN4O2. The number of nitro benzene ring substituents is 1. The first-order valence-electron chi connectivity index (χ1n) is 6.24. The summed E-state index contributed by atoms with van der Waals surface area (Å²) in [5, 5.41) is 14.8. The minimum Gasteiger partial charge on any atom is -0.375 e. The van der Waals surface area contributed by atoms with Crippen molar-refractivity contribution >= 4 is 22.4 Å². The van der Waals surface area contributed by atoms with Gasteiger partial charge in [-0.1, -0.05) is 0 Å². The number of anilines is 1. The number of benzene rings is 1. The number of fused-ring (bicyclic) bond motifs is 1. The topological polar surface area (TPSA) is 83.9 Å². The van der Waals surface area contributed by atoms with E-state index in [2.05, 4.69) is 15.3 Å². The first-order valence-corrected chi connectivity index (χ1v) is 6.24. The summed E-state index contributed by atoms with van der Waals surface area (Å²) in [6.07, 6.45) is 3.47. The number of nitrogens with zero attached hydrogens (tertiary/aromatic N) is 2. The second kappa shape index (κ2) is 5.20. The molecule has 0 aliphatic carbocycles. The Morgan fingerprint density at radius 2 is 2.24 bits per heavy atom. The Kier molecular flexibility index (Phi) is 3.23. The van der Waals surface area contributed by atoms with Crippen LogP contribution in [-0.4, -0.2) is 14.9 Å². The zero-order chi connectivity index (χ0) is 14.8. The van der Waals surface area contributed by atoms with Crippen LogP contribution in [-0.2, 0) is 6.54 Å². The van der Waals surface area contributed by atoms with Gasteiger partial charge < -0.3 is 10.3 Å². The highest BCUT2D eigenvalue weighted by Crippen LogP contribution is 2.26. The van der Waals surface area contributed by atoms with Crippen LogP contribution in [0.25, 0.3) is 11.0 Å². The number of aromatic nitrogens is 2. The fourth-order valence-corrected chi connectivity index (χ4v) is 2.15. The molecule has 0 aliphatic rings. The maximum absolute atomic E-state index is 13.1. The predicted molar refractivity (Wildman–Crippen MR) is 76.5 cm³/mol. The van der Waals surface area contributed by atoms with Gasteiger partial charge in [0, 0.05) is 24.3 Å². The molecule has 0 unspecified atom stereocenters. The van der Waals surface area contributed by atoms with E-state index in [-0.39, 0.29) is 11.4 Å². The van der Waals surface area contributed by atoms with E-state index in [1.807, 2.05) is 12.1 Å². The molecule has 0 fully saturated rings. The molecule has 3 rings (SSSR count). The molecule has 0 bridgehead atoms. The van der Waals surface area contributed by atoms with Crippen molar-refractivity contribution in [3.8, 4) is 0 Å². The Morgan fingerprint density at radius 3 is 3.05 bits per heavy atom. The van der Waals surface area contributed by atoms with Gasteiger partial charge >= 0.3 is 0 Å². The quantitative estimate of drug-likeness (QED) is 0.569. The second-order valence-corrected chi connectivity index (χ2v) is 4.49. The first-order chi connectivity index (χ1) is 10.1. The number of H-pyrrole nitrogens is 1. The number of pyridine rings is 1. The monoisotopic (exact) mass is 286 g/mol. The Bertz CT molecular complexity index is 816. The number of aromatic amines is 1. The molecule has 1 aromatic carbocycles. The molecular weight excluding hydrogens is 275 g/mol. The van der Waals surface area contributed by atoms with Crippen molar-refractivity contribution in [2.45, 2.75) is 6.54 Å². The molecule has 21 heavy (non-hydrogen) atoms. The van der Waals surface area contributed by atoms with Gasteiger partial charge in [0.2, 0.25) is 0 Å². The van der Waals surface area contributed by atoms with E-state index in [9.17, 15) is 14.5 Å². The molecule has 0 saturated heterocycles. The highest BCUT2D eigenvalue weighted by atomic mass is 19.1. The lowest BCUT2D eigenvalue weighted by Gasteiger charge is -2.06. The highest BCUT2D eigenvalue weighted by Gasteiger charge is 2.15. The summed E-state index contributed by atoms with van der Waals surface area (Å²) in [7, 11) is 0. The Hall–Kier alpha value is -2.96. The fourth-order valence-electron chi connectivity index (χ4n) is 2.15. The van der Waals surface area contributed by atoms with Gasteiger partial charge in [-0.3, -0.25) is 10.1 Å². The van der Waals surface area contributed by atoms with Crippen molar-refractivity contribution in [2.75, 3.05) is 5.32 Å². The highest BCUT2D eigenvalue weighted by molar-refractivity contribution is 5.79. The number of hydrogen-bond donors (Lipinski definition) is 2. The standard InChI is InChI=1S/C14H11FN4O2/c15-10-3-4-12(13(6-10)19(20)21)17-7-9-8-18-14-11(9)2-1-5-16-14/h1-6,8,17H,7H2,(H,16,18). The van der Waals surface area contributed by atoms with Crippen molar-refractivity contribution in [3.63, 3.8) is 0 Å². The van der Waals surface area contributed by atoms with Gasteiger partial charge in [-0.05, 0) is 29.8 Å². The summed E-state index contributed by atoms with van der Waals surface area (Å²) in [6.45, 7) is 0.373. The summed E-state index contributed by atoms with van der Waals surface area (Å²) >= 11 is 0. The van der Waals surface area contributed by atoms with E-state index in [1.165, 1.54) is 12.1 Å². The molecule has 2 aromatic heterocycles. The zero-order valence-electron chi connectivity index (χ0n) is 10.8. The molecule has 0 aliphatic heterocycles. The minimum atomic E-state index is -0.636. The van der Waals surface area contributed by atoms with Crippen molar-refractivity contribution in [1.29, 1.82) is 0 Å². The molecule has 6 nitrogen and oxygen atoms in total. The van der Waals surface area contributed by atoms with Crippen molar-refractivity contribution in [1.82, 2.24) is 9.97 Å². The van der Waals surface area contributed by atoms with Crippen LogP contribution >= 0.6 is 0 Å². The predicted octanol–water partition coefficient (Wildman–Crippen LogP) is 3.22. The molecule has 106 valence electrons. The maximum atomic E-state index is 13.1. The molecule has 0 amide bonds. The lowest BCUT2D eigenvalue weighted by molar-refractivity contribution is -0.384. The third kappa shape index (κ3) is 2.53. The minimum absolute atomic E-state index is 0.277. The summed E-state index contributed by atoms with van der Waals surface area (Å²) in [5.41, 5.74) is 1.67. The second-order valence-electron chi connectivity index (χ2n) is 4.49. The molecule has 2 heterocycles. The molecule has 2 N–H and O–H groups in total. The van der Waals surface area contributed by atoms with E-state index in [4.69, 9.17) is 0 Å². The average molecular weight is 286 g/mol. The zero-order valence-corrected chi connectivity index (χ0v) is 10.8. The third-order valence-corrected chi connectivity index (χ3v) is 3.16. The molecule has 0 saturated carbocycles. The van der Waals surface area contributed by atoms with E-state index in [0.29, 0.717) is 6.54 Å². The number of hydrogen-bond acceptors (Lipinski definition) is 4. The molecule has 0 radical (unpaired) electrons. The lowest BCUT2D eigenvalue weighted by Crippen LogP contribution is -2.02. The van der Waals surface area contributed by atoms with Crippen molar-refractivity contribution in [3.05, 3.63) is 64.2 Å². The summed E-state index contributed by atoms with van der Waals surface area (Å²) in [6, 6.07) is 7.18. The van der Waals surface area contributed by atoms with Gasteiger partial charge in [-0.15, -0.1) is 0 Å². The SMILES string of the molecule is O=[N+]([O-])c1cc(F)ccc1NCc1c[nH]c2ncccc12. The average Bonchev–Trinajstić information content (AvgIpc) is 2.89. The van der Waals surface area contributed by atoms with Crippen LogP contribution in [0.2, 0.25) is 0 Å². The van der Waals surface area contributed by atoms with E-state index < -0.39 is 10.7 Å². The van der Waals surface area contributed by atoms with E-state index in [1.54, 1.807) is 12.4 Å². The van der Waals surface area contributed by atoms with Crippen LogP contribution in [0.15, 0.2) is 42.7 Å². The molecule has 3 aromatic rings.